The van der Waals surface area contributed by atoms with E-state index in [4.69, 9.17) is 0 Å². The zero-order chi connectivity index (χ0) is 11.5. The van der Waals surface area contributed by atoms with Crippen molar-refractivity contribution < 1.29 is 9.59 Å². The van der Waals surface area contributed by atoms with Gasteiger partial charge in [0.25, 0.3) is 0 Å². The van der Waals surface area contributed by atoms with Crippen molar-refractivity contribution in [3.63, 3.8) is 0 Å². The maximum Gasteiger partial charge on any atom is 0.230 e. The number of carbonyl (C=O) groups is 2. The largest absolute Gasteiger partial charge is 0.296 e. The Balaban J connectivity index is 2.95. The number of piperidine rings is 1. The summed E-state index contributed by atoms with van der Waals surface area (Å²) in [5.41, 5.74) is -0.0879. The van der Waals surface area contributed by atoms with Crippen LogP contribution in [0.15, 0.2) is 0 Å². The Labute approximate surface area is 91.6 Å². The molecule has 1 heterocycles. The molecule has 1 aliphatic rings. The third-order valence-corrected chi connectivity index (χ3v) is 3.82. The molecule has 0 aliphatic carbocycles. The maximum absolute atomic E-state index is 11.8. The number of hydrogen-bond donors (Lipinski definition) is 1. The molecule has 2 amide bonds. The van der Waals surface area contributed by atoms with Gasteiger partial charge in [-0.25, -0.2) is 0 Å². The molecule has 0 aromatic carbocycles. The molecule has 3 nitrogen and oxygen atoms in total. The average Bonchev–Trinajstić information content (AvgIpc) is 2.22. The van der Waals surface area contributed by atoms with E-state index in [1.807, 2.05) is 0 Å². The zero-order valence-corrected chi connectivity index (χ0v) is 9.93. The van der Waals surface area contributed by atoms with Crippen molar-refractivity contribution in [1.82, 2.24) is 5.32 Å². The minimum atomic E-state index is -0.101. The van der Waals surface area contributed by atoms with E-state index in [0.29, 0.717) is 6.42 Å². The number of carbonyl (C=O) groups excluding carboxylic acids is 2. The van der Waals surface area contributed by atoms with Crippen molar-refractivity contribution in [3.05, 3.63) is 0 Å². The lowest BCUT2D eigenvalue weighted by Gasteiger charge is -2.41. The molecule has 0 spiro atoms. The van der Waals surface area contributed by atoms with Gasteiger partial charge >= 0.3 is 0 Å². The molecule has 0 aromatic heterocycles. The molecule has 15 heavy (non-hydrogen) atoms. The van der Waals surface area contributed by atoms with Crippen LogP contribution in [0, 0.1) is 11.3 Å². The number of imide groups is 1. The van der Waals surface area contributed by atoms with Crippen molar-refractivity contribution in [2.45, 2.75) is 52.9 Å². The molecule has 0 radical (unpaired) electrons. The zero-order valence-electron chi connectivity index (χ0n) is 9.93. The monoisotopic (exact) mass is 211 g/mol. The highest BCUT2D eigenvalue weighted by Crippen LogP contribution is 2.43. The third-order valence-electron chi connectivity index (χ3n) is 3.82. The summed E-state index contributed by atoms with van der Waals surface area (Å²) in [5.74, 6) is -0.136. The van der Waals surface area contributed by atoms with Crippen LogP contribution in [0.3, 0.4) is 0 Å². The van der Waals surface area contributed by atoms with E-state index in [1.54, 1.807) is 0 Å². The fourth-order valence-corrected chi connectivity index (χ4v) is 2.71. The first-order valence-corrected chi connectivity index (χ1v) is 5.93. The first-order chi connectivity index (χ1) is 7.09. The maximum atomic E-state index is 11.8. The quantitative estimate of drug-likeness (QED) is 0.725. The Morgan fingerprint density at radius 1 is 1.27 bits per heavy atom. The van der Waals surface area contributed by atoms with Crippen LogP contribution < -0.4 is 5.32 Å². The van der Waals surface area contributed by atoms with Gasteiger partial charge in [-0.05, 0) is 24.7 Å². The molecule has 0 bridgehead atoms. The second-order valence-corrected chi connectivity index (χ2v) is 4.50. The van der Waals surface area contributed by atoms with E-state index in [0.717, 1.165) is 25.7 Å². The topological polar surface area (TPSA) is 46.2 Å². The fraction of sp³-hybridized carbons (Fsp3) is 0.833. The Hall–Kier alpha value is -0.860. The van der Waals surface area contributed by atoms with Gasteiger partial charge in [0.2, 0.25) is 11.8 Å². The van der Waals surface area contributed by atoms with Gasteiger partial charge < -0.3 is 0 Å². The van der Waals surface area contributed by atoms with Crippen molar-refractivity contribution in [1.29, 1.82) is 0 Å². The molecule has 3 heteroatoms. The van der Waals surface area contributed by atoms with E-state index in [9.17, 15) is 9.59 Å². The van der Waals surface area contributed by atoms with Crippen LogP contribution in [0.4, 0.5) is 0 Å². The van der Waals surface area contributed by atoms with Crippen LogP contribution in [0.25, 0.3) is 0 Å². The lowest BCUT2D eigenvalue weighted by Crippen LogP contribution is -2.51. The van der Waals surface area contributed by atoms with Gasteiger partial charge in [0.15, 0.2) is 0 Å². The molecule has 1 N–H and O–H groups in total. The fourth-order valence-electron chi connectivity index (χ4n) is 2.71. The predicted octanol–water partition coefficient (Wildman–Crippen LogP) is 2.26. The van der Waals surface area contributed by atoms with E-state index >= 15 is 0 Å². The Morgan fingerprint density at radius 2 is 1.87 bits per heavy atom. The van der Waals surface area contributed by atoms with Gasteiger partial charge in [-0.15, -0.1) is 0 Å². The molecule has 1 saturated heterocycles. The van der Waals surface area contributed by atoms with E-state index in [1.165, 1.54) is 0 Å². The molecule has 1 rings (SSSR count). The Kier molecular flexibility index (Phi) is 3.89. The standard InChI is InChI=1S/C12H21NO2/c1-4-7-9-11(15)13-10(14)8-12(9,5-2)6-3/h9H,4-8H2,1-3H3,(H,13,14,15). The van der Waals surface area contributed by atoms with Crippen molar-refractivity contribution >= 4 is 11.8 Å². The summed E-state index contributed by atoms with van der Waals surface area (Å²) in [5, 5.41) is 2.46. The van der Waals surface area contributed by atoms with E-state index < -0.39 is 0 Å². The SMILES string of the molecule is CCCC1C(=O)NC(=O)CC1(CC)CC. The molecule has 0 aromatic rings. The van der Waals surface area contributed by atoms with Crippen molar-refractivity contribution in [2.24, 2.45) is 11.3 Å². The number of rotatable bonds is 4. The molecule has 86 valence electrons. The molecular weight excluding hydrogens is 190 g/mol. The van der Waals surface area contributed by atoms with E-state index in [-0.39, 0.29) is 23.1 Å². The molecule has 0 saturated carbocycles. The lowest BCUT2D eigenvalue weighted by atomic mass is 9.65. The summed E-state index contributed by atoms with van der Waals surface area (Å²) < 4.78 is 0. The lowest BCUT2D eigenvalue weighted by molar-refractivity contribution is -0.144. The normalized spacial score (nSPS) is 25.1. The molecule has 1 fully saturated rings. The predicted molar refractivity (Wildman–Crippen MR) is 59.2 cm³/mol. The van der Waals surface area contributed by atoms with Crippen LogP contribution in [0.2, 0.25) is 0 Å². The van der Waals surface area contributed by atoms with Gasteiger partial charge in [0.05, 0.1) is 0 Å². The Bertz CT molecular complexity index is 256. The number of amides is 2. The second-order valence-electron chi connectivity index (χ2n) is 4.50. The minimum absolute atomic E-state index is 0.0233. The summed E-state index contributed by atoms with van der Waals surface area (Å²) in [7, 11) is 0. The highest BCUT2D eigenvalue weighted by Gasteiger charge is 2.45. The van der Waals surface area contributed by atoms with Crippen LogP contribution >= 0.6 is 0 Å². The Morgan fingerprint density at radius 3 is 2.33 bits per heavy atom. The number of hydrogen-bond acceptors (Lipinski definition) is 2. The van der Waals surface area contributed by atoms with Gasteiger partial charge in [-0.2, -0.15) is 0 Å². The van der Waals surface area contributed by atoms with E-state index in [2.05, 4.69) is 26.1 Å². The summed E-state index contributed by atoms with van der Waals surface area (Å²) in [4.78, 5) is 23.2. The first kappa shape index (κ1) is 12.2. The van der Waals surface area contributed by atoms with Gasteiger partial charge in [0, 0.05) is 12.3 Å². The first-order valence-electron chi connectivity index (χ1n) is 5.93. The van der Waals surface area contributed by atoms with Crippen LogP contribution in [-0.2, 0) is 9.59 Å². The van der Waals surface area contributed by atoms with Crippen LogP contribution in [0.5, 0.6) is 0 Å². The molecular formula is C12H21NO2. The second kappa shape index (κ2) is 4.77. The van der Waals surface area contributed by atoms with Gasteiger partial charge in [-0.3, -0.25) is 14.9 Å². The summed E-state index contributed by atoms with van der Waals surface area (Å²) in [6, 6.07) is 0. The molecule has 1 aliphatic heterocycles. The molecule has 1 atom stereocenters. The number of nitrogens with one attached hydrogen (secondary N) is 1. The summed E-state index contributed by atoms with van der Waals surface area (Å²) in [6.07, 6.45) is 4.21. The van der Waals surface area contributed by atoms with Crippen molar-refractivity contribution in [2.75, 3.05) is 0 Å². The summed E-state index contributed by atoms with van der Waals surface area (Å²) in [6.45, 7) is 6.25. The average molecular weight is 211 g/mol. The van der Waals surface area contributed by atoms with Gasteiger partial charge in [-0.1, -0.05) is 27.2 Å². The highest BCUT2D eigenvalue weighted by atomic mass is 16.2. The van der Waals surface area contributed by atoms with Crippen molar-refractivity contribution in [3.8, 4) is 0 Å². The van der Waals surface area contributed by atoms with Crippen LogP contribution in [-0.4, -0.2) is 11.8 Å². The molecule has 1 unspecified atom stereocenters. The highest BCUT2D eigenvalue weighted by molar-refractivity contribution is 5.99. The minimum Gasteiger partial charge on any atom is -0.296 e. The van der Waals surface area contributed by atoms with Gasteiger partial charge in [0.1, 0.15) is 0 Å². The van der Waals surface area contributed by atoms with Crippen LogP contribution in [0.1, 0.15) is 52.9 Å². The third kappa shape index (κ3) is 2.21. The smallest absolute Gasteiger partial charge is 0.230 e. The summed E-state index contributed by atoms with van der Waals surface area (Å²) >= 11 is 0.